The van der Waals surface area contributed by atoms with Gasteiger partial charge in [0.05, 0.1) is 37.5 Å². The number of nitrogens with zero attached hydrogens (tertiary/aromatic N) is 2. The van der Waals surface area contributed by atoms with E-state index in [4.69, 9.17) is 9.47 Å². The summed E-state index contributed by atoms with van der Waals surface area (Å²) in [5.41, 5.74) is 0.709. The third kappa shape index (κ3) is 4.12. The molecule has 4 rings (SSSR count). The number of thioether (sulfide) groups is 1. The average Bonchev–Trinajstić information content (AvgIpc) is 3.18. The van der Waals surface area contributed by atoms with Crippen molar-refractivity contribution in [3.63, 3.8) is 0 Å². The highest BCUT2D eigenvalue weighted by molar-refractivity contribution is 8.16. The molecule has 158 valence electrons. The van der Waals surface area contributed by atoms with E-state index in [0.29, 0.717) is 22.4 Å². The van der Waals surface area contributed by atoms with Crippen LogP contribution in [0.3, 0.4) is 0 Å². The van der Waals surface area contributed by atoms with Gasteiger partial charge in [-0.1, -0.05) is 31.0 Å². The van der Waals surface area contributed by atoms with Crippen LogP contribution in [0.25, 0.3) is 0 Å². The van der Waals surface area contributed by atoms with Gasteiger partial charge in [0.25, 0.3) is 5.91 Å². The molecule has 0 spiro atoms. The number of amides is 1. The fourth-order valence-electron chi connectivity index (χ4n) is 4.37. The Bertz CT molecular complexity index is 925. The van der Waals surface area contributed by atoms with Gasteiger partial charge in [0.2, 0.25) is 0 Å². The lowest BCUT2D eigenvalue weighted by Gasteiger charge is -2.27. The highest BCUT2D eigenvalue weighted by atomic mass is 32.2. The molecule has 1 saturated carbocycles. The van der Waals surface area contributed by atoms with Crippen molar-refractivity contribution in [2.45, 2.75) is 43.4 Å². The fourth-order valence-corrected chi connectivity index (χ4v) is 8.28. The molecule has 2 heterocycles. The molecule has 1 aromatic carbocycles. The Morgan fingerprint density at radius 3 is 2.59 bits per heavy atom. The summed E-state index contributed by atoms with van der Waals surface area (Å²) in [4.78, 5) is 19.2. The van der Waals surface area contributed by atoms with Gasteiger partial charge in [0, 0.05) is 17.2 Å². The van der Waals surface area contributed by atoms with E-state index in [1.165, 1.54) is 18.2 Å². The Kier molecular flexibility index (Phi) is 5.79. The molecule has 0 aromatic heterocycles. The van der Waals surface area contributed by atoms with Gasteiger partial charge in [-0.15, -0.1) is 0 Å². The van der Waals surface area contributed by atoms with Crippen molar-refractivity contribution < 1.29 is 22.7 Å². The van der Waals surface area contributed by atoms with E-state index in [1.54, 1.807) is 26.4 Å². The molecule has 0 unspecified atom stereocenters. The van der Waals surface area contributed by atoms with Gasteiger partial charge in [-0.2, -0.15) is 4.99 Å². The lowest BCUT2D eigenvalue weighted by molar-refractivity contribution is -0.122. The van der Waals surface area contributed by atoms with Crippen molar-refractivity contribution in [2.75, 3.05) is 30.6 Å². The Morgan fingerprint density at radius 1 is 1.14 bits per heavy atom. The molecule has 0 N–H and O–H groups in total. The molecular weight excluding hydrogens is 412 g/mol. The van der Waals surface area contributed by atoms with Crippen LogP contribution in [0, 0.1) is 5.92 Å². The number of hydrogen-bond acceptors (Lipinski definition) is 6. The number of fused-ring (bicyclic) bond motifs is 1. The van der Waals surface area contributed by atoms with E-state index in [2.05, 4.69) is 4.99 Å². The normalized spacial score (nSPS) is 27.8. The maximum atomic E-state index is 12.8. The molecule has 2 saturated heterocycles. The minimum atomic E-state index is -3.12. The zero-order valence-electron chi connectivity index (χ0n) is 16.7. The van der Waals surface area contributed by atoms with Crippen LogP contribution in [0.4, 0.5) is 5.69 Å². The molecule has 29 heavy (non-hydrogen) atoms. The van der Waals surface area contributed by atoms with Gasteiger partial charge in [-0.3, -0.25) is 4.79 Å². The quantitative estimate of drug-likeness (QED) is 0.714. The summed E-state index contributed by atoms with van der Waals surface area (Å²) < 4.78 is 35.3. The van der Waals surface area contributed by atoms with Crippen LogP contribution in [0.5, 0.6) is 11.5 Å². The highest BCUT2D eigenvalue weighted by Gasteiger charge is 2.50. The Labute approximate surface area is 175 Å². The number of carbonyl (C=O) groups is 1. The number of benzene rings is 1. The van der Waals surface area contributed by atoms with Crippen LogP contribution < -0.4 is 14.4 Å². The summed E-state index contributed by atoms with van der Waals surface area (Å²) in [6, 6.07) is 5.15. The second kappa shape index (κ2) is 8.18. The van der Waals surface area contributed by atoms with Gasteiger partial charge in [-0.05, 0) is 25.0 Å². The maximum absolute atomic E-state index is 12.8. The van der Waals surface area contributed by atoms with E-state index in [9.17, 15) is 13.2 Å². The first-order valence-corrected chi connectivity index (χ1v) is 12.6. The molecular formula is C20H26N2O5S2. The summed E-state index contributed by atoms with van der Waals surface area (Å²) >= 11 is 1.40. The molecule has 7 nitrogen and oxygen atoms in total. The molecule has 3 fully saturated rings. The van der Waals surface area contributed by atoms with Crippen molar-refractivity contribution >= 4 is 38.4 Å². The Morgan fingerprint density at radius 2 is 1.90 bits per heavy atom. The van der Waals surface area contributed by atoms with Crippen molar-refractivity contribution in [3.8, 4) is 11.5 Å². The zero-order valence-corrected chi connectivity index (χ0v) is 18.3. The van der Waals surface area contributed by atoms with Gasteiger partial charge in [0.1, 0.15) is 11.5 Å². The molecule has 0 radical (unpaired) electrons. The van der Waals surface area contributed by atoms with Crippen molar-refractivity contribution in [3.05, 3.63) is 18.2 Å². The monoisotopic (exact) mass is 438 g/mol. The summed E-state index contributed by atoms with van der Waals surface area (Å²) in [7, 11) is 0.0235. The number of rotatable bonds is 4. The molecule has 1 aliphatic carbocycles. The molecule has 1 aromatic rings. The van der Waals surface area contributed by atoms with Crippen LogP contribution >= 0.6 is 11.8 Å². The first kappa shape index (κ1) is 20.5. The van der Waals surface area contributed by atoms with E-state index in [0.717, 1.165) is 25.7 Å². The van der Waals surface area contributed by atoms with Gasteiger partial charge >= 0.3 is 0 Å². The van der Waals surface area contributed by atoms with Crippen LogP contribution in [0.1, 0.15) is 32.1 Å². The van der Waals surface area contributed by atoms with E-state index >= 15 is 0 Å². The van der Waals surface area contributed by atoms with Crippen molar-refractivity contribution in [1.29, 1.82) is 0 Å². The van der Waals surface area contributed by atoms with Gasteiger partial charge < -0.3 is 14.4 Å². The lowest BCUT2D eigenvalue weighted by Crippen LogP contribution is -2.38. The van der Waals surface area contributed by atoms with Gasteiger partial charge in [0.15, 0.2) is 15.0 Å². The molecule has 2 atom stereocenters. The topological polar surface area (TPSA) is 85.3 Å². The number of carbonyl (C=O) groups excluding carboxylic acids is 1. The first-order chi connectivity index (χ1) is 13.9. The van der Waals surface area contributed by atoms with E-state index < -0.39 is 9.84 Å². The van der Waals surface area contributed by atoms with E-state index in [-0.39, 0.29) is 34.6 Å². The first-order valence-electron chi connectivity index (χ1n) is 9.93. The van der Waals surface area contributed by atoms with Crippen LogP contribution in [-0.2, 0) is 14.6 Å². The van der Waals surface area contributed by atoms with E-state index in [1.807, 2.05) is 11.0 Å². The molecule has 1 amide bonds. The average molecular weight is 439 g/mol. The summed E-state index contributed by atoms with van der Waals surface area (Å²) in [5, 5.41) is 0.443. The summed E-state index contributed by atoms with van der Waals surface area (Å²) in [6.45, 7) is 0. The molecule has 9 heteroatoms. The third-order valence-electron chi connectivity index (χ3n) is 5.87. The molecule has 0 bridgehead atoms. The second-order valence-corrected chi connectivity index (χ2v) is 11.1. The second-order valence-electron chi connectivity index (χ2n) is 7.78. The number of hydrogen-bond donors (Lipinski definition) is 0. The summed E-state index contributed by atoms with van der Waals surface area (Å²) in [5.74, 6) is 1.25. The van der Waals surface area contributed by atoms with Crippen LogP contribution in [0.2, 0.25) is 0 Å². The predicted molar refractivity (Wildman–Crippen MR) is 115 cm³/mol. The Balaban J connectivity index is 1.71. The lowest BCUT2D eigenvalue weighted by atomic mass is 9.89. The number of amidine groups is 1. The smallest absolute Gasteiger partial charge is 0.251 e. The molecule has 2 aliphatic heterocycles. The SMILES string of the molecule is COc1ccc(N2C(=NC(=O)C3CCCCC3)S[C@@H]3CS(=O)(=O)C[C@@H]32)c(OC)c1. The van der Waals surface area contributed by atoms with Crippen LogP contribution in [0.15, 0.2) is 23.2 Å². The number of sulfone groups is 1. The number of methoxy groups -OCH3 is 2. The largest absolute Gasteiger partial charge is 0.497 e. The summed E-state index contributed by atoms with van der Waals surface area (Å²) in [6.07, 6.45) is 5.06. The minimum Gasteiger partial charge on any atom is -0.497 e. The van der Waals surface area contributed by atoms with Crippen LogP contribution in [-0.4, -0.2) is 56.5 Å². The van der Waals surface area contributed by atoms with Gasteiger partial charge in [-0.25, -0.2) is 8.42 Å². The minimum absolute atomic E-state index is 0.0272. The van der Waals surface area contributed by atoms with Crippen molar-refractivity contribution in [2.24, 2.45) is 10.9 Å². The Hall–Kier alpha value is -1.74. The number of ether oxygens (including phenoxy) is 2. The predicted octanol–water partition coefficient (Wildman–Crippen LogP) is 2.89. The maximum Gasteiger partial charge on any atom is 0.251 e. The third-order valence-corrected chi connectivity index (χ3v) is 9.08. The standard InChI is InChI=1S/C20H26N2O5S2/c1-26-14-8-9-15(17(10-14)27-2)22-16-11-29(24,25)12-18(16)28-20(22)21-19(23)13-6-4-3-5-7-13/h8-10,13,16,18H,3-7,11-12H2,1-2H3/t16-,18+/m0/s1. The molecule has 3 aliphatic rings. The highest BCUT2D eigenvalue weighted by Crippen LogP contribution is 2.45. The number of anilines is 1. The number of aliphatic imine (C=N–C) groups is 1. The zero-order chi connectivity index (χ0) is 20.6. The fraction of sp³-hybridized carbons (Fsp3) is 0.600. The van der Waals surface area contributed by atoms with Crippen molar-refractivity contribution in [1.82, 2.24) is 0 Å².